The fourth-order valence-corrected chi connectivity index (χ4v) is 1.04. The molecule has 2 rings (SSSR count). The molecule has 0 unspecified atom stereocenters. The van der Waals surface area contributed by atoms with Crippen molar-refractivity contribution in [3.05, 3.63) is 30.9 Å². The number of hydrogen-bond acceptors (Lipinski definition) is 6. The third-order valence-corrected chi connectivity index (χ3v) is 1.72. The van der Waals surface area contributed by atoms with Crippen LogP contribution >= 0.6 is 0 Å². The van der Waals surface area contributed by atoms with Crippen molar-refractivity contribution >= 4 is 17.6 Å². The first kappa shape index (κ1) is 9.32. The fraction of sp³-hybridized carbons (Fsp3) is 0.111. The van der Waals surface area contributed by atoms with Gasteiger partial charge in [0.25, 0.3) is 0 Å². The highest BCUT2D eigenvalue weighted by Crippen LogP contribution is 2.10. The predicted molar refractivity (Wildman–Crippen MR) is 56.9 cm³/mol. The first-order valence-electron chi connectivity index (χ1n) is 4.42. The molecule has 0 fully saturated rings. The Labute approximate surface area is 86.8 Å². The summed E-state index contributed by atoms with van der Waals surface area (Å²) in [7, 11) is 1.77. The molecule has 0 radical (unpaired) electrons. The Hall–Kier alpha value is -2.24. The van der Waals surface area contributed by atoms with E-state index in [2.05, 4.69) is 30.6 Å². The van der Waals surface area contributed by atoms with Gasteiger partial charge >= 0.3 is 0 Å². The highest BCUT2D eigenvalue weighted by atomic mass is 15.1. The van der Waals surface area contributed by atoms with Crippen molar-refractivity contribution < 1.29 is 0 Å². The van der Waals surface area contributed by atoms with Crippen molar-refractivity contribution in [3.63, 3.8) is 0 Å². The zero-order valence-corrected chi connectivity index (χ0v) is 8.18. The zero-order chi connectivity index (χ0) is 10.5. The van der Waals surface area contributed by atoms with Gasteiger partial charge in [0.1, 0.15) is 18.0 Å². The van der Waals surface area contributed by atoms with Crippen molar-refractivity contribution in [1.29, 1.82) is 0 Å². The maximum atomic E-state index is 4.19. The Morgan fingerprint density at radius 1 is 1.07 bits per heavy atom. The van der Waals surface area contributed by atoms with Crippen LogP contribution in [-0.4, -0.2) is 27.0 Å². The predicted octanol–water partition coefficient (Wildman–Crippen LogP) is 1.05. The Morgan fingerprint density at radius 2 is 1.93 bits per heavy atom. The lowest BCUT2D eigenvalue weighted by Crippen LogP contribution is -2.00. The molecule has 6 heteroatoms. The molecule has 0 aliphatic heterocycles. The van der Waals surface area contributed by atoms with E-state index < -0.39 is 0 Å². The maximum absolute atomic E-state index is 4.19. The molecule has 2 aromatic heterocycles. The summed E-state index contributed by atoms with van der Waals surface area (Å²) in [6.45, 7) is 0. The minimum Gasteiger partial charge on any atom is -0.357 e. The van der Waals surface area contributed by atoms with Crippen LogP contribution in [0.5, 0.6) is 0 Å². The van der Waals surface area contributed by atoms with E-state index in [0.29, 0.717) is 17.6 Å². The van der Waals surface area contributed by atoms with Gasteiger partial charge in [0.15, 0.2) is 0 Å². The van der Waals surface area contributed by atoms with E-state index >= 15 is 0 Å². The SMILES string of the molecule is CNc1nccc(Nc2ccncn2)n1. The molecule has 0 saturated carbocycles. The van der Waals surface area contributed by atoms with Gasteiger partial charge in [-0.1, -0.05) is 0 Å². The summed E-state index contributed by atoms with van der Waals surface area (Å²) in [5.41, 5.74) is 0. The minimum absolute atomic E-state index is 0.564. The van der Waals surface area contributed by atoms with E-state index in [9.17, 15) is 0 Å². The van der Waals surface area contributed by atoms with Gasteiger partial charge in [0.2, 0.25) is 5.95 Å². The van der Waals surface area contributed by atoms with Crippen molar-refractivity contribution in [2.75, 3.05) is 17.7 Å². The monoisotopic (exact) mass is 202 g/mol. The number of nitrogens with one attached hydrogen (secondary N) is 2. The first-order valence-corrected chi connectivity index (χ1v) is 4.42. The average Bonchev–Trinajstić information content (AvgIpc) is 2.31. The number of hydrogen-bond donors (Lipinski definition) is 2. The second-order valence-electron chi connectivity index (χ2n) is 2.74. The lowest BCUT2D eigenvalue weighted by molar-refractivity contribution is 1.13. The minimum atomic E-state index is 0.564. The van der Waals surface area contributed by atoms with Gasteiger partial charge in [-0.05, 0) is 12.1 Å². The van der Waals surface area contributed by atoms with Crippen LogP contribution in [0.1, 0.15) is 0 Å². The molecule has 0 saturated heterocycles. The molecule has 2 N–H and O–H groups in total. The van der Waals surface area contributed by atoms with Crippen LogP contribution in [0.2, 0.25) is 0 Å². The first-order chi connectivity index (χ1) is 7.38. The van der Waals surface area contributed by atoms with Crippen LogP contribution in [0.15, 0.2) is 30.9 Å². The van der Waals surface area contributed by atoms with E-state index in [1.54, 1.807) is 31.6 Å². The molecule has 0 bridgehead atoms. The summed E-state index contributed by atoms with van der Waals surface area (Å²) in [6, 6.07) is 3.53. The molecule has 0 aliphatic rings. The maximum Gasteiger partial charge on any atom is 0.224 e. The highest BCUT2D eigenvalue weighted by Gasteiger charge is 1.97. The van der Waals surface area contributed by atoms with Gasteiger partial charge in [0, 0.05) is 19.4 Å². The van der Waals surface area contributed by atoms with E-state index in [-0.39, 0.29) is 0 Å². The van der Waals surface area contributed by atoms with E-state index in [1.807, 2.05) is 0 Å². The van der Waals surface area contributed by atoms with Crippen molar-refractivity contribution in [1.82, 2.24) is 19.9 Å². The summed E-state index contributed by atoms with van der Waals surface area (Å²) < 4.78 is 0. The van der Waals surface area contributed by atoms with Gasteiger partial charge in [-0.2, -0.15) is 4.98 Å². The summed E-state index contributed by atoms with van der Waals surface area (Å²) in [4.78, 5) is 16.0. The molecule has 0 aliphatic carbocycles. The number of aromatic nitrogens is 4. The lowest BCUT2D eigenvalue weighted by atomic mass is 10.5. The van der Waals surface area contributed by atoms with Crippen molar-refractivity contribution in [3.8, 4) is 0 Å². The molecule has 6 nitrogen and oxygen atoms in total. The third-order valence-electron chi connectivity index (χ3n) is 1.72. The summed E-state index contributed by atoms with van der Waals surface area (Å²) >= 11 is 0. The molecule has 0 spiro atoms. The van der Waals surface area contributed by atoms with Crippen LogP contribution in [0.25, 0.3) is 0 Å². The van der Waals surface area contributed by atoms with Gasteiger partial charge in [-0.3, -0.25) is 0 Å². The molecule has 0 amide bonds. The largest absolute Gasteiger partial charge is 0.357 e. The van der Waals surface area contributed by atoms with Gasteiger partial charge in [0.05, 0.1) is 0 Å². The fourth-order valence-electron chi connectivity index (χ4n) is 1.04. The Morgan fingerprint density at radius 3 is 2.67 bits per heavy atom. The number of rotatable bonds is 3. The van der Waals surface area contributed by atoms with Gasteiger partial charge < -0.3 is 10.6 Å². The second kappa shape index (κ2) is 4.32. The molecule has 2 heterocycles. The summed E-state index contributed by atoms with van der Waals surface area (Å²) in [6.07, 6.45) is 4.81. The molecular weight excluding hydrogens is 192 g/mol. The lowest BCUT2D eigenvalue weighted by Gasteiger charge is -2.04. The summed E-state index contributed by atoms with van der Waals surface area (Å²) in [5.74, 6) is 1.95. The Balaban J connectivity index is 2.17. The quantitative estimate of drug-likeness (QED) is 0.774. The third kappa shape index (κ3) is 2.37. The average molecular weight is 202 g/mol. The Kier molecular flexibility index (Phi) is 2.68. The smallest absolute Gasteiger partial charge is 0.224 e. The van der Waals surface area contributed by atoms with Crippen molar-refractivity contribution in [2.45, 2.75) is 0 Å². The normalized spacial score (nSPS) is 9.67. The van der Waals surface area contributed by atoms with Crippen LogP contribution in [-0.2, 0) is 0 Å². The molecular formula is C9H10N6. The van der Waals surface area contributed by atoms with Crippen LogP contribution < -0.4 is 10.6 Å². The zero-order valence-electron chi connectivity index (χ0n) is 8.18. The van der Waals surface area contributed by atoms with E-state index in [0.717, 1.165) is 0 Å². The van der Waals surface area contributed by atoms with Crippen LogP contribution in [0.4, 0.5) is 17.6 Å². The van der Waals surface area contributed by atoms with Crippen LogP contribution in [0.3, 0.4) is 0 Å². The van der Waals surface area contributed by atoms with Crippen molar-refractivity contribution in [2.24, 2.45) is 0 Å². The highest BCUT2D eigenvalue weighted by molar-refractivity contribution is 5.51. The number of anilines is 3. The van der Waals surface area contributed by atoms with E-state index in [1.165, 1.54) is 6.33 Å². The molecule has 2 aromatic rings. The van der Waals surface area contributed by atoms with Gasteiger partial charge in [-0.25, -0.2) is 15.0 Å². The standard InChI is InChI=1S/C9H10N6/c1-10-9-12-5-3-8(15-9)14-7-2-4-11-6-13-7/h2-6H,1H3,(H2,10,11,12,13,14,15). The van der Waals surface area contributed by atoms with Crippen LogP contribution in [0, 0.1) is 0 Å². The second-order valence-corrected chi connectivity index (χ2v) is 2.74. The molecule has 0 aromatic carbocycles. The van der Waals surface area contributed by atoms with Gasteiger partial charge in [-0.15, -0.1) is 0 Å². The summed E-state index contributed by atoms with van der Waals surface area (Å²) in [5, 5.41) is 5.89. The molecule has 0 atom stereocenters. The number of nitrogens with zero attached hydrogens (tertiary/aromatic N) is 4. The Bertz CT molecular complexity index is 430. The van der Waals surface area contributed by atoms with E-state index in [4.69, 9.17) is 0 Å². The topological polar surface area (TPSA) is 75.6 Å². The molecule has 76 valence electrons. The molecule has 15 heavy (non-hydrogen) atoms.